The predicted octanol–water partition coefficient (Wildman–Crippen LogP) is 4.53. The van der Waals surface area contributed by atoms with E-state index in [1.807, 2.05) is 54.6 Å². The summed E-state index contributed by atoms with van der Waals surface area (Å²) in [6, 6.07) is 17.0. The van der Waals surface area contributed by atoms with Crippen LogP contribution in [0.25, 0.3) is 11.3 Å². The summed E-state index contributed by atoms with van der Waals surface area (Å²) < 4.78 is 0. The van der Waals surface area contributed by atoms with E-state index >= 15 is 0 Å². The van der Waals surface area contributed by atoms with Crippen LogP contribution in [0.15, 0.2) is 60.8 Å². The third-order valence-electron chi connectivity index (χ3n) is 4.90. The number of anilines is 4. The summed E-state index contributed by atoms with van der Waals surface area (Å²) in [5, 5.41) is 9.11. The Balaban J connectivity index is 1.44. The van der Waals surface area contributed by atoms with Crippen molar-refractivity contribution < 1.29 is 4.79 Å². The molecular formula is C22H24N6O. The van der Waals surface area contributed by atoms with Crippen molar-refractivity contribution in [3.63, 3.8) is 0 Å². The fraction of sp³-hybridized carbons (Fsp3) is 0.227. The molecule has 0 radical (unpaired) electrons. The Kier molecular flexibility index (Phi) is 5.56. The van der Waals surface area contributed by atoms with Gasteiger partial charge in [0.05, 0.1) is 5.69 Å². The third-order valence-corrected chi connectivity index (χ3v) is 4.90. The number of hydrogen-bond acceptors (Lipinski definition) is 5. The summed E-state index contributed by atoms with van der Waals surface area (Å²) in [4.78, 5) is 21.0. The fourth-order valence-electron chi connectivity index (χ4n) is 3.50. The number of carbonyl (C=O) groups is 1. The summed E-state index contributed by atoms with van der Waals surface area (Å²) in [7, 11) is 0. The van der Waals surface area contributed by atoms with E-state index in [0.717, 1.165) is 29.8 Å². The molecule has 148 valence electrons. The van der Waals surface area contributed by atoms with Gasteiger partial charge >= 0.3 is 6.03 Å². The van der Waals surface area contributed by atoms with Gasteiger partial charge in [0.2, 0.25) is 5.95 Å². The minimum Gasteiger partial charge on any atom is -0.399 e. The van der Waals surface area contributed by atoms with Gasteiger partial charge in [-0.2, -0.15) is 0 Å². The lowest BCUT2D eigenvalue weighted by Crippen LogP contribution is -2.36. The molecule has 1 saturated carbocycles. The molecule has 2 aromatic carbocycles. The van der Waals surface area contributed by atoms with Crippen molar-refractivity contribution in [2.75, 3.05) is 16.4 Å². The Morgan fingerprint density at radius 1 is 1.00 bits per heavy atom. The summed E-state index contributed by atoms with van der Waals surface area (Å²) in [6.45, 7) is 0. The summed E-state index contributed by atoms with van der Waals surface area (Å²) >= 11 is 0. The van der Waals surface area contributed by atoms with Crippen molar-refractivity contribution in [2.45, 2.75) is 31.7 Å². The van der Waals surface area contributed by atoms with Gasteiger partial charge < -0.3 is 21.7 Å². The summed E-state index contributed by atoms with van der Waals surface area (Å²) in [5.41, 5.74) is 9.75. The third kappa shape index (κ3) is 5.01. The SMILES string of the molecule is Nc1cccc(-c2ccnc(Nc3cccc(NC(=O)NC4CCCC4)c3)n2)c1. The molecule has 0 bridgehead atoms. The number of amides is 2. The average Bonchev–Trinajstić information content (AvgIpc) is 3.21. The molecule has 7 heteroatoms. The second-order valence-electron chi connectivity index (χ2n) is 7.18. The lowest BCUT2D eigenvalue weighted by molar-refractivity contribution is 0.248. The quantitative estimate of drug-likeness (QED) is 0.481. The maximum absolute atomic E-state index is 12.2. The van der Waals surface area contributed by atoms with E-state index < -0.39 is 0 Å². The molecule has 0 aliphatic heterocycles. The van der Waals surface area contributed by atoms with Gasteiger partial charge in [-0.05, 0) is 49.2 Å². The number of nitrogens with zero attached hydrogens (tertiary/aromatic N) is 2. The number of hydrogen-bond donors (Lipinski definition) is 4. The van der Waals surface area contributed by atoms with E-state index in [1.165, 1.54) is 12.8 Å². The smallest absolute Gasteiger partial charge is 0.319 e. The minimum absolute atomic E-state index is 0.172. The van der Waals surface area contributed by atoms with Crippen LogP contribution in [0.4, 0.5) is 27.8 Å². The maximum Gasteiger partial charge on any atom is 0.319 e. The first-order chi connectivity index (χ1) is 14.2. The molecule has 29 heavy (non-hydrogen) atoms. The van der Waals surface area contributed by atoms with Crippen LogP contribution in [0, 0.1) is 0 Å². The Hall–Kier alpha value is -3.61. The van der Waals surface area contributed by atoms with Crippen molar-refractivity contribution >= 4 is 29.0 Å². The molecule has 4 rings (SSSR count). The molecular weight excluding hydrogens is 364 g/mol. The van der Waals surface area contributed by atoms with Crippen molar-refractivity contribution in [2.24, 2.45) is 0 Å². The molecule has 1 aromatic heterocycles. The van der Waals surface area contributed by atoms with Crippen LogP contribution in [0.3, 0.4) is 0 Å². The molecule has 2 amide bonds. The molecule has 7 nitrogen and oxygen atoms in total. The van der Waals surface area contributed by atoms with Crippen molar-refractivity contribution in [3.05, 3.63) is 60.8 Å². The van der Waals surface area contributed by atoms with Crippen LogP contribution in [0.5, 0.6) is 0 Å². The predicted molar refractivity (Wildman–Crippen MR) is 116 cm³/mol. The van der Waals surface area contributed by atoms with Crippen LogP contribution in [-0.2, 0) is 0 Å². The molecule has 0 atom stereocenters. The topological polar surface area (TPSA) is 105 Å². The Bertz CT molecular complexity index is 1000. The van der Waals surface area contributed by atoms with E-state index in [1.54, 1.807) is 6.20 Å². The molecule has 1 heterocycles. The number of carbonyl (C=O) groups excluding carboxylic acids is 1. The number of benzene rings is 2. The Morgan fingerprint density at radius 2 is 1.79 bits per heavy atom. The van der Waals surface area contributed by atoms with Gasteiger partial charge in [0.25, 0.3) is 0 Å². The molecule has 1 fully saturated rings. The number of aromatic nitrogens is 2. The highest BCUT2D eigenvalue weighted by Crippen LogP contribution is 2.23. The van der Waals surface area contributed by atoms with Crippen LogP contribution >= 0.6 is 0 Å². The van der Waals surface area contributed by atoms with Crippen LogP contribution in [0.2, 0.25) is 0 Å². The van der Waals surface area contributed by atoms with Crippen molar-refractivity contribution in [3.8, 4) is 11.3 Å². The summed E-state index contributed by atoms with van der Waals surface area (Å²) in [5.74, 6) is 0.470. The second-order valence-corrected chi connectivity index (χ2v) is 7.18. The van der Waals surface area contributed by atoms with E-state index in [-0.39, 0.29) is 12.1 Å². The molecule has 0 saturated heterocycles. The van der Waals surface area contributed by atoms with Gasteiger partial charge in [-0.15, -0.1) is 0 Å². The van der Waals surface area contributed by atoms with E-state index in [9.17, 15) is 4.79 Å². The van der Waals surface area contributed by atoms with Crippen LogP contribution < -0.4 is 21.7 Å². The highest BCUT2D eigenvalue weighted by Gasteiger charge is 2.17. The van der Waals surface area contributed by atoms with Gasteiger partial charge in [0.1, 0.15) is 0 Å². The first kappa shape index (κ1) is 18.7. The van der Waals surface area contributed by atoms with Crippen molar-refractivity contribution in [1.29, 1.82) is 0 Å². The first-order valence-corrected chi connectivity index (χ1v) is 9.79. The average molecular weight is 388 g/mol. The maximum atomic E-state index is 12.2. The Morgan fingerprint density at radius 3 is 2.62 bits per heavy atom. The number of nitrogens with one attached hydrogen (secondary N) is 3. The summed E-state index contributed by atoms with van der Waals surface area (Å²) in [6.07, 6.45) is 6.16. The number of urea groups is 1. The zero-order chi connectivity index (χ0) is 20.1. The number of nitrogens with two attached hydrogens (primary N) is 1. The van der Waals surface area contributed by atoms with Crippen molar-refractivity contribution in [1.82, 2.24) is 15.3 Å². The monoisotopic (exact) mass is 388 g/mol. The molecule has 1 aliphatic rings. The Labute approximate surface area is 169 Å². The number of nitrogen functional groups attached to an aromatic ring is 1. The second kappa shape index (κ2) is 8.60. The van der Waals surface area contributed by atoms with Gasteiger partial charge in [-0.25, -0.2) is 14.8 Å². The van der Waals surface area contributed by atoms with Gasteiger partial charge in [0, 0.05) is 34.9 Å². The molecule has 1 aliphatic carbocycles. The molecule has 0 spiro atoms. The van der Waals surface area contributed by atoms with E-state index in [4.69, 9.17) is 5.73 Å². The van der Waals surface area contributed by atoms with E-state index in [2.05, 4.69) is 25.9 Å². The normalized spacial score (nSPS) is 13.8. The molecule has 3 aromatic rings. The first-order valence-electron chi connectivity index (χ1n) is 9.79. The largest absolute Gasteiger partial charge is 0.399 e. The van der Waals surface area contributed by atoms with Gasteiger partial charge in [0.15, 0.2) is 0 Å². The number of rotatable bonds is 5. The standard InChI is InChI=1S/C22H24N6O/c23-16-6-3-5-15(13-16)20-11-12-24-21(28-20)25-18-9-4-10-19(14-18)27-22(29)26-17-7-1-2-8-17/h3-6,9-14,17H,1-2,7-8,23H2,(H,24,25,28)(H2,26,27,29). The fourth-order valence-corrected chi connectivity index (χ4v) is 3.50. The highest BCUT2D eigenvalue weighted by molar-refractivity contribution is 5.90. The lowest BCUT2D eigenvalue weighted by Gasteiger charge is -2.13. The molecule has 0 unspecified atom stereocenters. The highest BCUT2D eigenvalue weighted by atomic mass is 16.2. The molecule has 5 N–H and O–H groups in total. The zero-order valence-corrected chi connectivity index (χ0v) is 16.1. The van der Waals surface area contributed by atoms with Gasteiger partial charge in [-0.3, -0.25) is 0 Å². The lowest BCUT2D eigenvalue weighted by atomic mass is 10.1. The van der Waals surface area contributed by atoms with Crippen LogP contribution in [-0.4, -0.2) is 22.0 Å². The zero-order valence-electron chi connectivity index (χ0n) is 16.1. The minimum atomic E-state index is -0.172. The van der Waals surface area contributed by atoms with E-state index in [0.29, 0.717) is 17.3 Å². The van der Waals surface area contributed by atoms with Crippen LogP contribution in [0.1, 0.15) is 25.7 Å². The van der Waals surface area contributed by atoms with Gasteiger partial charge in [-0.1, -0.05) is 31.0 Å².